The van der Waals surface area contributed by atoms with Crippen molar-refractivity contribution in [3.8, 4) is 11.5 Å². The molecule has 132 valence electrons. The first-order chi connectivity index (χ1) is 12.6. The summed E-state index contributed by atoms with van der Waals surface area (Å²) in [6.07, 6.45) is 0. The number of para-hydroxylation sites is 1. The zero-order valence-electron chi connectivity index (χ0n) is 14.6. The number of fused-ring (bicyclic) bond motifs is 2. The third-order valence-electron chi connectivity index (χ3n) is 4.74. The van der Waals surface area contributed by atoms with Crippen LogP contribution in [-0.2, 0) is 0 Å². The van der Waals surface area contributed by atoms with Gasteiger partial charge in [0.05, 0.1) is 31.2 Å². The lowest BCUT2D eigenvalue weighted by Crippen LogP contribution is -2.25. The van der Waals surface area contributed by atoms with Crippen LogP contribution in [0.3, 0.4) is 0 Å². The summed E-state index contributed by atoms with van der Waals surface area (Å²) >= 11 is 0. The Hall–Kier alpha value is -3.28. The molecule has 0 spiro atoms. The van der Waals surface area contributed by atoms with E-state index in [4.69, 9.17) is 13.9 Å². The van der Waals surface area contributed by atoms with Crippen molar-refractivity contribution in [2.24, 2.45) is 0 Å². The van der Waals surface area contributed by atoms with Crippen molar-refractivity contribution in [1.29, 1.82) is 0 Å². The first-order valence-electron chi connectivity index (χ1n) is 8.11. The molecule has 4 rings (SSSR count). The molecule has 1 aliphatic heterocycles. The van der Waals surface area contributed by atoms with E-state index in [1.54, 1.807) is 63.7 Å². The molecule has 0 N–H and O–H groups in total. The van der Waals surface area contributed by atoms with Gasteiger partial charge < -0.3 is 18.8 Å². The quantitative estimate of drug-likeness (QED) is 0.726. The number of carbonyl (C=O) groups is 1. The van der Waals surface area contributed by atoms with Crippen molar-refractivity contribution < 1.29 is 18.7 Å². The van der Waals surface area contributed by atoms with Gasteiger partial charge in [0.25, 0.3) is 5.91 Å². The van der Waals surface area contributed by atoms with Crippen molar-refractivity contribution in [3.63, 3.8) is 0 Å². The fourth-order valence-corrected chi connectivity index (χ4v) is 3.45. The van der Waals surface area contributed by atoms with Crippen LogP contribution < -0.4 is 14.9 Å². The van der Waals surface area contributed by atoms with E-state index in [1.165, 1.54) is 4.90 Å². The van der Waals surface area contributed by atoms with Gasteiger partial charge >= 0.3 is 0 Å². The molecule has 1 atom stereocenters. The maximum Gasteiger partial charge on any atom is 0.290 e. The van der Waals surface area contributed by atoms with Gasteiger partial charge in [-0.25, -0.2) is 0 Å². The van der Waals surface area contributed by atoms with Gasteiger partial charge in [-0.2, -0.15) is 0 Å². The summed E-state index contributed by atoms with van der Waals surface area (Å²) in [5.74, 6) is 0.917. The van der Waals surface area contributed by atoms with E-state index in [1.807, 2.05) is 0 Å². The lowest BCUT2D eigenvalue weighted by Gasteiger charge is -2.22. The van der Waals surface area contributed by atoms with Gasteiger partial charge in [0, 0.05) is 12.6 Å². The molecule has 2 heterocycles. The normalized spacial score (nSPS) is 16.0. The van der Waals surface area contributed by atoms with Gasteiger partial charge in [-0.05, 0) is 30.3 Å². The first kappa shape index (κ1) is 16.2. The van der Waals surface area contributed by atoms with E-state index in [-0.39, 0.29) is 17.1 Å². The molecule has 6 heteroatoms. The van der Waals surface area contributed by atoms with Crippen molar-refractivity contribution in [2.75, 3.05) is 21.3 Å². The fraction of sp³-hybridized carbons (Fsp3) is 0.200. The van der Waals surface area contributed by atoms with Crippen molar-refractivity contribution >= 4 is 16.9 Å². The minimum Gasteiger partial charge on any atom is -0.497 e. The smallest absolute Gasteiger partial charge is 0.290 e. The first-order valence-corrected chi connectivity index (χ1v) is 8.11. The lowest BCUT2D eigenvalue weighted by atomic mass is 9.97. The van der Waals surface area contributed by atoms with Crippen LogP contribution in [0.15, 0.2) is 51.7 Å². The summed E-state index contributed by atoms with van der Waals surface area (Å²) < 4.78 is 16.5. The van der Waals surface area contributed by atoms with E-state index < -0.39 is 6.04 Å². The van der Waals surface area contributed by atoms with Crippen LogP contribution in [0.1, 0.15) is 27.7 Å². The molecule has 1 aromatic heterocycles. The number of amides is 1. The van der Waals surface area contributed by atoms with Gasteiger partial charge in [-0.15, -0.1) is 0 Å². The maximum absolute atomic E-state index is 13.1. The molecule has 0 fully saturated rings. The number of hydrogen-bond donors (Lipinski definition) is 0. The predicted molar refractivity (Wildman–Crippen MR) is 96.0 cm³/mol. The predicted octanol–water partition coefficient (Wildman–Crippen LogP) is 2.99. The summed E-state index contributed by atoms with van der Waals surface area (Å²) in [6.45, 7) is 0. The summed E-state index contributed by atoms with van der Waals surface area (Å²) in [7, 11) is 4.75. The average Bonchev–Trinajstić information content (AvgIpc) is 2.92. The number of hydrogen-bond acceptors (Lipinski definition) is 5. The van der Waals surface area contributed by atoms with Gasteiger partial charge in [0.1, 0.15) is 17.1 Å². The maximum atomic E-state index is 13.1. The third-order valence-corrected chi connectivity index (χ3v) is 4.74. The van der Waals surface area contributed by atoms with Crippen molar-refractivity contribution in [1.82, 2.24) is 4.90 Å². The van der Waals surface area contributed by atoms with Crippen LogP contribution in [-0.4, -0.2) is 32.1 Å². The Morgan fingerprint density at radius 2 is 1.81 bits per heavy atom. The Morgan fingerprint density at radius 3 is 2.54 bits per heavy atom. The summed E-state index contributed by atoms with van der Waals surface area (Å²) in [6, 6.07) is 11.6. The second-order valence-corrected chi connectivity index (χ2v) is 6.10. The Morgan fingerprint density at radius 1 is 1.04 bits per heavy atom. The number of methoxy groups -OCH3 is 2. The van der Waals surface area contributed by atoms with E-state index in [0.29, 0.717) is 33.6 Å². The Bertz CT molecular complexity index is 1090. The Balaban J connectivity index is 2.04. The third kappa shape index (κ3) is 2.19. The molecule has 0 radical (unpaired) electrons. The molecule has 26 heavy (non-hydrogen) atoms. The molecule has 2 aromatic carbocycles. The molecule has 6 nitrogen and oxygen atoms in total. The SMILES string of the molecule is COc1ccc(OC)c([C@@H]2c3c(oc4ccccc4c3=O)C(=O)N2C)c1. The lowest BCUT2D eigenvalue weighted by molar-refractivity contribution is 0.0770. The molecule has 0 aliphatic carbocycles. The molecule has 0 saturated heterocycles. The minimum absolute atomic E-state index is 0.0751. The molecular formula is C20H17NO5. The second kappa shape index (κ2) is 5.91. The van der Waals surface area contributed by atoms with Crippen LogP contribution in [0.2, 0.25) is 0 Å². The van der Waals surface area contributed by atoms with Gasteiger partial charge in [0.15, 0.2) is 5.43 Å². The zero-order chi connectivity index (χ0) is 18.4. The van der Waals surface area contributed by atoms with E-state index in [9.17, 15) is 9.59 Å². The highest BCUT2D eigenvalue weighted by Crippen LogP contribution is 2.41. The number of rotatable bonds is 3. The minimum atomic E-state index is -0.608. The van der Waals surface area contributed by atoms with Gasteiger partial charge in [-0.1, -0.05) is 12.1 Å². The van der Waals surface area contributed by atoms with Crippen LogP contribution >= 0.6 is 0 Å². The molecule has 0 bridgehead atoms. The zero-order valence-corrected chi connectivity index (χ0v) is 14.6. The summed E-state index contributed by atoms with van der Waals surface area (Å²) in [5.41, 5.74) is 1.18. The standard InChI is InChI=1S/C20H17NO5/c1-21-17(13-10-11(24-2)8-9-14(13)25-3)16-18(22)12-6-4-5-7-15(12)26-19(16)20(21)23/h4-10,17H,1-3H3/t17-/m1/s1. The molecule has 0 saturated carbocycles. The highest BCUT2D eigenvalue weighted by molar-refractivity contribution is 5.99. The topological polar surface area (TPSA) is 69.0 Å². The molecule has 1 amide bonds. The molecular weight excluding hydrogens is 334 g/mol. The summed E-state index contributed by atoms with van der Waals surface area (Å²) in [5, 5.41) is 0.446. The Kier molecular flexibility index (Phi) is 3.68. The molecule has 3 aromatic rings. The summed E-state index contributed by atoms with van der Waals surface area (Å²) in [4.78, 5) is 27.4. The second-order valence-electron chi connectivity index (χ2n) is 6.10. The fourth-order valence-electron chi connectivity index (χ4n) is 3.45. The van der Waals surface area contributed by atoms with Crippen LogP contribution in [0.5, 0.6) is 11.5 Å². The van der Waals surface area contributed by atoms with Crippen molar-refractivity contribution in [2.45, 2.75) is 6.04 Å². The number of ether oxygens (including phenoxy) is 2. The van der Waals surface area contributed by atoms with Crippen LogP contribution in [0, 0.1) is 0 Å². The molecule has 0 unspecified atom stereocenters. The average molecular weight is 351 g/mol. The Labute approximate surface area is 149 Å². The van der Waals surface area contributed by atoms with Crippen LogP contribution in [0.4, 0.5) is 0 Å². The highest BCUT2D eigenvalue weighted by Gasteiger charge is 2.42. The number of carbonyl (C=O) groups excluding carboxylic acids is 1. The molecule has 1 aliphatic rings. The van der Waals surface area contributed by atoms with E-state index in [2.05, 4.69) is 0 Å². The highest BCUT2D eigenvalue weighted by atomic mass is 16.5. The monoisotopic (exact) mass is 351 g/mol. The van der Waals surface area contributed by atoms with E-state index in [0.717, 1.165) is 0 Å². The number of nitrogens with zero attached hydrogens (tertiary/aromatic N) is 1. The number of benzene rings is 2. The van der Waals surface area contributed by atoms with Crippen LogP contribution in [0.25, 0.3) is 11.0 Å². The largest absolute Gasteiger partial charge is 0.497 e. The van der Waals surface area contributed by atoms with Gasteiger partial charge in [-0.3, -0.25) is 9.59 Å². The van der Waals surface area contributed by atoms with E-state index >= 15 is 0 Å². The van der Waals surface area contributed by atoms with Gasteiger partial charge in [0.2, 0.25) is 5.76 Å². The van der Waals surface area contributed by atoms with Crippen molar-refractivity contribution in [3.05, 3.63) is 69.6 Å².